The molecule has 0 aromatic rings. The summed E-state index contributed by atoms with van der Waals surface area (Å²) in [5.74, 6) is -1.97. The minimum absolute atomic E-state index is 0.0956. The minimum Gasteiger partial charge on any atom is -0.439 e. The van der Waals surface area contributed by atoms with Crippen LogP contribution in [0.15, 0.2) is 58.5 Å². The Balaban J connectivity index is 2.54. The molecule has 2 aliphatic rings. The van der Waals surface area contributed by atoms with Crippen molar-refractivity contribution in [2.75, 3.05) is 20.8 Å². The highest BCUT2D eigenvalue weighted by molar-refractivity contribution is 6.23. The summed E-state index contributed by atoms with van der Waals surface area (Å²) in [5.41, 5.74) is 6.68. The summed E-state index contributed by atoms with van der Waals surface area (Å²) in [4.78, 5) is 52.0. The summed E-state index contributed by atoms with van der Waals surface area (Å²) in [7, 11) is 2.95. The van der Waals surface area contributed by atoms with Crippen LogP contribution >= 0.6 is 0 Å². The van der Waals surface area contributed by atoms with Crippen LogP contribution in [0.2, 0.25) is 0 Å². The van der Waals surface area contributed by atoms with Gasteiger partial charge in [-0.3, -0.25) is 14.4 Å². The molecule has 0 aromatic heterocycles. The quantitative estimate of drug-likeness (QED) is 0.154. The Morgan fingerprint density at radius 3 is 2.41 bits per heavy atom. The molecule has 2 bridgehead atoms. The molecule has 46 heavy (non-hydrogen) atoms. The topological polar surface area (TPSA) is 166 Å². The Hall–Kier alpha value is -3.54. The molecule has 0 radical (unpaired) electrons. The van der Waals surface area contributed by atoms with Gasteiger partial charge in [-0.15, -0.1) is 0 Å². The molecule has 1 heterocycles. The van der Waals surface area contributed by atoms with Crippen molar-refractivity contribution in [2.24, 2.45) is 17.6 Å². The molecule has 5 N–H and O–H groups in total. The molecule has 0 saturated heterocycles. The second kappa shape index (κ2) is 19.2. The van der Waals surface area contributed by atoms with Gasteiger partial charge in [-0.25, -0.2) is 4.79 Å². The van der Waals surface area contributed by atoms with E-state index in [-0.39, 0.29) is 35.1 Å². The summed E-state index contributed by atoms with van der Waals surface area (Å²) in [6.45, 7) is 9.76. The molecule has 1 aliphatic carbocycles. The van der Waals surface area contributed by atoms with E-state index in [4.69, 9.17) is 19.9 Å². The summed E-state index contributed by atoms with van der Waals surface area (Å²) in [6, 6.07) is 0. The number of Topliss-reactive ketones (excluding diaryl/α,β-unsaturated/α-hetero) is 1. The number of allylic oxidation sites excluding steroid dienone is 4. The molecule has 0 unspecified atom stereocenters. The van der Waals surface area contributed by atoms with Crippen LogP contribution < -0.4 is 16.4 Å². The highest BCUT2D eigenvalue weighted by Crippen LogP contribution is 2.29. The van der Waals surface area contributed by atoms with Crippen LogP contribution in [0.1, 0.15) is 79.6 Å². The number of ether oxygens (including phenoxy) is 3. The maximum Gasteiger partial charge on any atom is 0.405 e. The largest absolute Gasteiger partial charge is 0.439 e. The molecule has 11 heteroatoms. The van der Waals surface area contributed by atoms with Crippen LogP contribution in [0.3, 0.4) is 0 Å². The standard InChI is InChI=1S/C35H53N3O8/c1-8-9-10-11-12-16-37-30-25-17-21(2)18-29(45-7)31(40)23(4)19-24(5)33(46-35(36)43)28(44-6)15-13-14-22(3)34(42)38-26(32(25)41)20-27(30)39/h13-15,19-21,23,28-29,31,33,37,40H,8-12,16-18H2,1-7H3,(H2,36,43)(H,38,42)/b15-13-,22-14+,24-19+/t21-,23+,28-,29+,31-,33+/m1/s1. The number of amides is 2. The lowest BCUT2D eigenvalue weighted by Crippen LogP contribution is -2.38. The number of unbranched alkanes of at least 4 members (excludes halogenated alkanes) is 4. The summed E-state index contributed by atoms with van der Waals surface area (Å²) >= 11 is 0. The van der Waals surface area contributed by atoms with Gasteiger partial charge in [-0.1, -0.05) is 70.8 Å². The van der Waals surface area contributed by atoms with E-state index in [9.17, 15) is 24.3 Å². The molecular weight excluding hydrogens is 590 g/mol. The molecule has 2 amide bonds. The van der Waals surface area contributed by atoms with Crippen molar-refractivity contribution in [3.63, 3.8) is 0 Å². The second-order valence-corrected chi connectivity index (χ2v) is 12.3. The van der Waals surface area contributed by atoms with Crippen LogP contribution in [0.4, 0.5) is 4.79 Å². The van der Waals surface area contributed by atoms with Crippen molar-refractivity contribution in [1.29, 1.82) is 0 Å². The number of aliphatic hydroxyl groups is 1. The fourth-order valence-electron chi connectivity index (χ4n) is 5.72. The highest BCUT2D eigenvalue weighted by atomic mass is 16.6. The lowest BCUT2D eigenvalue weighted by molar-refractivity contribution is -0.120. The fourth-order valence-corrected chi connectivity index (χ4v) is 5.72. The van der Waals surface area contributed by atoms with Crippen molar-refractivity contribution in [3.8, 4) is 0 Å². The third-order valence-electron chi connectivity index (χ3n) is 8.38. The maximum atomic E-state index is 13.8. The van der Waals surface area contributed by atoms with Crippen LogP contribution in [0.5, 0.6) is 0 Å². The van der Waals surface area contributed by atoms with Gasteiger partial charge in [-0.05, 0) is 44.6 Å². The molecule has 1 aliphatic heterocycles. The lowest BCUT2D eigenvalue weighted by Gasteiger charge is -2.30. The smallest absolute Gasteiger partial charge is 0.405 e. The Morgan fingerprint density at radius 2 is 1.78 bits per heavy atom. The number of aliphatic hydroxyl groups excluding tert-OH is 1. The van der Waals surface area contributed by atoms with E-state index < -0.39 is 48.1 Å². The van der Waals surface area contributed by atoms with Gasteiger partial charge in [0.15, 0.2) is 6.10 Å². The summed E-state index contributed by atoms with van der Waals surface area (Å²) in [5, 5.41) is 17.1. The molecular formula is C35H53N3O8. The van der Waals surface area contributed by atoms with Gasteiger partial charge in [0.2, 0.25) is 11.6 Å². The van der Waals surface area contributed by atoms with Crippen molar-refractivity contribution < 1.29 is 38.5 Å². The van der Waals surface area contributed by atoms with Gasteiger partial charge < -0.3 is 35.7 Å². The Bertz CT molecular complexity index is 1250. The predicted molar refractivity (Wildman–Crippen MR) is 176 cm³/mol. The number of hydrogen-bond donors (Lipinski definition) is 4. The summed E-state index contributed by atoms with van der Waals surface area (Å²) < 4.78 is 16.7. The molecule has 256 valence electrons. The third-order valence-corrected chi connectivity index (χ3v) is 8.38. The van der Waals surface area contributed by atoms with E-state index >= 15 is 0 Å². The number of nitrogens with one attached hydrogen (secondary N) is 2. The van der Waals surface area contributed by atoms with Crippen LogP contribution in [0.25, 0.3) is 0 Å². The van der Waals surface area contributed by atoms with Gasteiger partial charge in [0.25, 0.3) is 5.91 Å². The van der Waals surface area contributed by atoms with E-state index in [1.165, 1.54) is 26.4 Å². The van der Waals surface area contributed by atoms with Gasteiger partial charge in [0, 0.05) is 43.9 Å². The SMILES string of the molecule is CCCCCCCNC1=C2C[C@@H](C)C[C@H](OC)[C@H](O)[C@@H](C)/C=C(\C)[C@H](OC(N)=O)[C@H](OC)/C=C\C=C(/C)C(=O)NC(=CC1=O)C2=O. The van der Waals surface area contributed by atoms with Gasteiger partial charge in [0.1, 0.15) is 6.10 Å². The Morgan fingerprint density at radius 1 is 1.09 bits per heavy atom. The first-order chi connectivity index (χ1) is 21.8. The zero-order valence-electron chi connectivity index (χ0n) is 28.4. The van der Waals surface area contributed by atoms with Gasteiger partial charge in [0.05, 0.1) is 23.6 Å². The van der Waals surface area contributed by atoms with Crippen molar-refractivity contribution >= 4 is 23.6 Å². The van der Waals surface area contributed by atoms with Gasteiger partial charge >= 0.3 is 6.09 Å². The van der Waals surface area contributed by atoms with Crippen LogP contribution in [-0.4, -0.2) is 73.9 Å². The van der Waals surface area contributed by atoms with Crippen LogP contribution in [-0.2, 0) is 28.6 Å². The molecule has 0 spiro atoms. The maximum absolute atomic E-state index is 13.8. The van der Waals surface area contributed by atoms with Gasteiger partial charge in [-0.2, -0.15) is 0 Å². The number of methoxy groups -OCH3 is 2. The molecule has 6 atom stereocenters. The average Bonchev–Trinajstić information content (AvgIpc) is 3.01. The number of carbonyl (C=O) groups is 4. The monoisotopic (exact) mass is 643 g/mol. The van der Waals surface area contributed by atoms with Crippen molar-refractivity contribution in [3.05, 3.63) is 58.5 Å². The van der Waals surface area contributed by atoms with Crippen molar-refractivity contribution in [2.45, 2.75) is 104 Å². The first-order valence-corrected chi connectivity index (χ1v) is 16.2. The predicted octanol–water partition coefficient (Wildman–Crippen LogP) is 4.32. The average molecular weight is 644 g/mol. The minimum atomic E-state index is -0.993. The van der Waals surface area contributed by atoms with E-state index in [1.807, 2.05) is 13.8 Å². The number of rotatable bonds is 10. The normalized spacial score (nSPS) is 30.0. The zero-order valence-corrected chi connectivity index (χ0v) is 28.4. The molecule has 0 saturated carbocycles. The molecule has 2 rings (SSSR count). The first kappa shape index (κ1) is 38.6. The fraction of sp³-hybridized carbons (Fsp3) is 0.600. The van der Waals surface area contributed by atoms with Crippen molar-refractivity contribution in [1.82, 2.24) is 10.6 Å². The molecule has 0 aromatic carbocycles. The first-order valence-electron chi connectivity index (χ1n) is 16.2. The number of ketones is 2. The van der Waals surface area contributed by atoms with Crippen LogP contribution in [0, 0.1) is 11.8 Å². The number of primary amides is 1. The van der Waals surface area contributed by atoms with E-state index in [0.29, 0.717) is 24.1 Å². The highest BCUT2D eigenvalue weighted by Gasteiger charge is 2.33. The molecule has 0 fully saturated rings. The van der Waals surface area contributed by atoms with E-state index in [1.54, 1.807) is 32.1 Å². The number of carbonyl (C=O) groups excluding carboxylic acids is 4. The summed E-state index contributed by atoms with van der Waals surface area (Å²) in [6.07, 6.45) is 9.26. The van der Waals surface area contributed by atoms with E-state index in [2.05, 4.69) is 17.6 Å². The van der Waals surface area contributed by atoms with E-state index in [0.717, 1.165) is 32.1 Å². The number of fused-ring (bicyclic) bond motifs is 2. The lowest BCUT2D eigenvalue weighted by atomic mass is 9.85. The second-order valence-electron chi connectivity index (χ2n) is 12.3. The zero-order chi connectivity index (χ0) is 34.4. The molecule has 11 nitrogen and oxygen atoms in total. The number of nitrogens with two attached hydrogens (primary N) is 1. The number of hydrogen-bond acceptors (Lipinski definition) is 9. The third kappa shape index (κ3) is 11.4. The Labute approximate surface area is 273 Å². The Kier molecular flexibility index (Phi) is 16.1.